The van der Waals surface area contributed by atoms with E-state index < -0.39 is 0 Å². The number of rotatable bonds is 7. The molecule has 0 aliphatic carbocycles. The number of benzene rings is 2. The van der Waals surface area contributed by atoms with Gasteiger partial charge in [0, 0.05) is 30.6 Å². The van der Waals surface area contributed by atoms with Gasteiger partial charge in [-0.2, -0.15) is 0 Å². The molecule has 2 aromatic carbocycles. The first-order chi connectivity index (χ1) is 19.0. The highest BCUT2D eigenvalue weighted by molar-refractivity contribution is 5.94. The number of nitrogens with zero attached hydrogens (tertiary/aromatic N) is 3. The second-order valence-electron chi connectivity index (χ2n) is 9.54. The molecule has 1 heterocycles. The van der Waals surface area contributed by atoms with E-state index in [2.05, 4.69) is 49.4 Å². The number of ketones is 1. The van der Waals surface area contributed by atoms with Crippen LogP contribution in [0.4, 0.5) is 4.39 Å². The zero-order valence-corrected chi connectivity index (χ0v) is 27.1. The van der Waals surface area contributed by atoms with E-state index in [1.54, 1.807) is 19.2 Å². The molecule has 0 radical (unpaired) electrons. The lowest BCUT2D eigenvalue weighted by molar-refractivity contribution is 0.101. The third-order valence-electron chi connectivity index (χ3n) is 6.00. The summed E-state index contributed by atoms with van der Waals surface area (Å²) in [6.07, 6.45) is 10.3. The molecule has 0 fully saturated rings. The predicted octanol–water partition coefficient (Wildman–Crippen LogP) is 10.2. The standard InChI is InChI=1S/C16H15FO.C8H18.C7H10N2.C2H5N.C2H6/c1-10-4-5-14(8-11(10)2)15-7-6-13(12(3)18)9-16(15)17;1-4-6-8(3)7-5-2;1-3-7-4-8-6(2)9-5-7;1-3-2;1-2/h4-9H,1-3H3;8H,4-7H2,1-3H3;4-5H,3H2,1-2H3;1H2,2H3;1-2H3. The molecule has 0 aliphatic heterocycles. The lowest BCUT2D eigenvalue weighted by Crippen LogP contribution is -1.95. The lowest BCUT2D eigenvalue weighted by atomic mass is 9.98. The Morgan fingerprint density at radius 1 is 0.925 bits per heavy atom. The summed E-state index contributed by atoms with van der Waals surface area (Å²) < 4.78 is 14.0. The molecule has 0 aliphatic rings. The van der Waals surface area contributed by atoms with Crippen molar-refractivity contribution in [2.75, 3.05) is 7.05 Å². The second-order valence-corrected chi connectivity index (χ2v) is 9.54. The summed E-state index contributed by atoms with van der Waals surface area (Å²) in [6.45, 7) is 23.4. The fraction of sp³-hybridized carbons (Fsp3) is 0.486. The molecular formula is C35H54FN3O. The Morgan fingerprint density at radius 2 is 1.45 bits per heavy atom. The van der Waals surface area contributed by atoms with Gasteiger partial charge in [0.15, 0.2) is 5.78 Å². The summed E-state index contributed by atoms with van der Waals surface area (Å²) in [5.74, 6) is 1.32. The summed E-state index contributed by atoms with van der Waals surface area (Å²) in [6, 6.07) is 10.5. The monoisotopic (exact) mass is 551 g/mol. The molecule has 3 rings (SSSR count). The van der Waals surface area contributed by atoms with E-state index in [4.69, 9.17) is 0 Å². The molecular weight excluding hydrogens is 497 g/mol. The van der Waals surface area contributed by atoms with E-state index >= 15 is 0 Å². The molecule has 0 saturated carbocycles. The van der Waals surface area contributed by atoms with Crippen molar-refractivity contribution in [3.8, 4) is 11.1 Å². The van der Waals surface area contributed by atoms with Crippen molar-refractivity contribution >= 4 is 12.5 Å². The number of hydrogen-bond donors (Lipinski definition) is 0. The van der Waals surface area contributed by atoms with Gasteiger partial charge in [-0.15, -0.1) is 0 Å². The number of aromatic nitrogens is 2. The van der Waals surface area contributed by atoms with Gasteiger partial charge in [-0.25, -0.2) is 14.4 Å². The molecule has 0 N–H and O–H groups in total. The molecule has 0 spiro atoms. The minimum Gasteiger partial charge on any atom is -0.304 e. The number of aryl methyl sites for hydroxylation is 4. The molecule has 3 aromatic rings. The normalized spacial score (nSPS) is 9.43. The van der Waals surface area contributed by atoms with E-state index in [0.717, 1.165) is 29.3 Å². The number of carbonyl (C=O) groups excluding carboxylic acids is 1. The maximum absolute atomic E-state index is 14.0. The minimum absolute atomic E-state index is 0.125. The molecule has 1 aromatic heterocycles. The van der Waals surface area contributed by atoms with E-state index in [0.29, 0.717) is 11.1 Å². The number of aliphatic imine (C=N–C) groups is 1. The fourth-order valence-electron chi connectivity index (χ4n) is 3.61. The molecule has 4 nitrogen and oxygen atoms in total. The van der Waals surface area contributed by atoms with Crippen molar-refractivity contribution in [1.29, 1.82) is 0 Å². The van der Waals surface area contributed by atoms with Crippen molar-refractivity contribution in [3.05, 3.63) is 82.7 Å². The topological polar surface area (TPSA) is 55.2 Å². The highest BCUT2D eigenvalue weighted by Gasteiger charge is 2.09. The Hall–Kier alpha value is -3.21. The van der Waals surface area contributed by atoms with Gasteiger partial charge >= 0.3 is 0 Å². The molecule has 222 valence electrons. The Morgan fingerprint density at radius 3 is 1.85 bits per heavy atom. The van der Waals surface area contributed by atoms with Crippen LogP contribution in [0.15, 0.2) is 53.8 Å². The minimum atomic E-state index is -0.356. The summed E-state index contributed by atoms with van der Waals surface area (Å²) >= 11 is 0. The Labute approximate surface area is 244 Å². The van der Waals surface area contributed by atoms with Crippen molar-refractivity contribution in [1.82, 2.24) is 9.97 Å². The lowest BCUT2D eigenvalue weighted by Gasteiger charge is -2.07. The van der Waals surface area contributed by atoms with Crippen molar-refractivity contribution < 1.29 is 9.18 Å². The van der Waals surface area contributed by atoms with Crippen molar-refractivity contribution in [2.45, 2.75) is 101 Å². The Balaban J connectivity index is 0. The molecule has 0 saturated heterocycles. The van der Waals surface area contributed by atoms with Crippen LogP contribution in [0.1, 0.15) is 107 Å². The van der Waals surface area contributed by atoms with E-state index in [-0.39, 0.29) is 11.6 Å². The molecule has 0 unspecified atom stereocenters. The summed E-state index contributed by atoms with van der Waals surface area (Å²) in [5.41, 5.74) is 5.27. The van der Waals surface area contributed by atoms with Crippen LogP contribution in [0, 0.1) is 32.5 Å². The Kier molecular flexibility index (Phi) is 23.0. The van der Waals surface area contributed by atoms with Crippen LogP contribution >= 0.6 is 0 Å². The van der Waals surface area contributed by atoms with Gasteiger partial charge in [0.1, 0.15) is 11.6 Å². The summed E-state index contributed by atoms with van der Waals surface area (Å²) in [5, 5.41) is 0. The second kappa shape index (κ2) is 23.7. The highest BCUT2D eigenvalue weighted by atomic mass is 19.1. The summed E-state index contributed by atoms with van der Waals surface area (Å²) in [7, 11) is 1.64. The van der Waals surface area contributed by atoms with Gasteiger partial charge < -0.3 is 4.99 Å². The maximum atomic E-state index is 14.0. The SMILES string of the molecule is C=NC.CC.CC(=O)c1ccc(-c2ccc(C)c(C)c2)c(F)c1.CCCC(C)CCC.CCc1cnc(C)nc1. The third-order valence-corrected chi connectivity index (χ3v) is 6.00. The molecule has 5 heteroatoms. The van der Waals surface area contributed by atoms with Gasteiger partial charge in [0.05, 0.1) is 0 Å². The van der Waals surface area contributed by atoms with Gasteiger partial charge in [-0.3, -0.25) is 4.79 Å². The van der Waals surface area contributed by atoms with Crippen LogP contribution in [0.2, 0.25) is 0 Å². The Bertz CT molecular complexity index is 1090. The van der Waals surface area contributed by atoms with Gasteiger partial charge in [-0.05, 0) is 75.1 Å². The van der Waals surface area contributed by atoms with Crippen molar-refractivity contribution in [3.63, 3.8) is 0 Å². The highest BCUT2D eigenvalue weighted by Crippen LogP contribution is 2.25. The first kappa shape index (κ1) is 38.9. The average molecular weight is 552 g/mol. The van der Waals surface area contributed by atoms with Crippen LogP contribution in [0.3, 0.4) is 0 Å². The average Bonchev–Trinajstić information content (AvgIpc) is 2.93. The van der Waals surface area contributed by atoms with Crippen LogP contribution in [0.5, 0.6) is 0 Å². The van der Waals surface area contributed by atoms with E-state index in [1.165, 1.54) is 49.8 Å². The maximum Gasteiger partial charge on any atom is 0.159 e. The molecule has 0 amide bonds. The number of Topliss-reactive ketones (excluding diaryl/α,β-unsaturated/α-hetero) is 1. The smallest absolute Gasteiger partial charge is 0.159 e. The molecule has 0 bridgehead atoms. The van der Waals surface area contributed by atoms with E-state index in [9.17, 15) is 9.18 Å². The largest absolute Gasteiger partial charge is 0.304 e. The zero-order valence-electron chi connectivity index (χ0n) is 27.1. The zero-order chi connectivity index (χ0) is 31.1. The van der Waals surface area contributed by atoms with Gasteiger partial charge in [-0.1, -0.05) is 97.6 Å². The number of carbonyl (C=O) groups is 1. The van der Waals surface area contributed by atoms with Crippen LogP contribution < -0.4 is 0 Å². The van der Waals surface area contributed by atoms with Crippen molar-refractivity contribution in [2.24, 2.45) is 10.9 Å². The molecule has 0 atom stereocenters. The van der Waals surface area contributed by atoms with Crippen LogP contribution in [-0.2, 0) is 6.42 Å². The van der Waals surface area contributed by atoms with Crippen LogP contribution in [-0.4, -0.2) is 29.5 Å². The van der Waals surface area contributed by atoms with Gasteiger partial charge in [0.25, 0.3) is 0 Å². The quantitative estimate of drug-likeness (QED) is 0.217. The first-order valence-corrected chi connectivity index (χ1v) is 14.5. The number of halogens is 1. The predicted molar refractivity (Wildman–Crippen MR) is 173 cm³/mol. The van der Waals surface area contributed by atoms with Gasteiger partial charge in [0.2, 0.25) is 0 Å². The third kappa shape index (κ3) is 16.7. The summed E-state index contributed by atoms with van der Waals surface area (Å²) in [4.78, 5) is 22.5. The fourth-order valence-corrected chi connectivity index (χ4v) is 3.61. The van der Waals surface area contributed by atoms with E-state index in [1.807, 2.05) is 65.2 Å². The first-order valence-electron chi connectivity index (χ1n) is 14.5. The number of hydrogen-bond acceptors (Lipinski definition) is 4. The van der Waals surface area contributed by atoms with Crippen LogP contribution in [0.25, 0.3) is 11.1 Å². The molecule has 40 heavy (non-hydrogen) atoms.